The van der Waals surface area contributed by atoms with Crippen molar-refractivity contribution in [2.24, 2.45) is 0 Å². The maximum atomic E-state index is 13.2. The van der Waals surface area contributed by atoms with E-state index >= 15 is 0 Å². The maximum Gasteiger partial charge on any atom is 0.126 e. The van der Waals surface area contributed by atoms with Crippen molar-refractivity contribution >= 4 is 11.4 Å². The van der Waals surface area contributed by atoms with Gasteiger partial charge >= 0.3 is 0 Å². The molecular weight excluding hydrogens is 253 g/mol. The zero-order valence-corrected chi connectivity index (χ0v) is 11.3. The van der Waals surface area contributed by atoms with Gasteiger partial charge in [-0.2, -0.15) is 5.26 Å². The lowest BCUT2D eigenvalue weighted by Crippen LogP contribution is -2.07. The van der Waals surface area contributed by atoms with Crippen LogP contribution in [0.25, 0.3) is 0 Å². The Morgan fingerprint density at radius 1 is 1.25 bits per heavy atom. The van der Waals surface area contributed by atoms with E-state index in [0.29, 0.717) is 23.4 Å². The van der Waals surface area contributed by atoms with E-state index in [0.717, 1.165) is 17.7 Å². The Morgan fingerprint density at radius 3 is 2.70 bits per heavy atom. The van der Waals surface area contributed by atoms with Crippen molar-refractivity contribution in [2.45, 2.75) is 13.3 Å². The van der Waals surface area contributed by atoms with Gasteiger partial charge in [0.25, 0.3) is 0 Å². The fourth-order valence-corrected chi connectivity index (χ4v) is 2.00. The third kappa shape index (κ3) is 3.27. The average molecular weight is 269 g/mol. The van der Waals surface area contributed by atoms with Gasteiger partial charge in [-0.05, 0) is 48.7 Å². The number of hydrogen-bond donors (Lipinski definition) is 2. The second kappa shape index (κ2) is 6.07. The molecule has 0 saturated carbocycles. The molecule has 0 aliphatic heterocycles. The van der Waals surface area contributed by atoms with Gasteiger partial charge < -0.3 is 11.1 Å². The topological polar surface area (TPSA) is 61.8 Å². The predicted molar refractivity (Wildman–Crippen MR) is 78.9 cm³/mol. The molecule has 0 heterocycles. The van der Waals surface area contributed by atoms with Gasteiger partial charge in [0.15, 0.2) is 0 Å². The molecule has 0 fully saturated rings. The largest absolute Gasteiger partial charge is 0.397 e. The highest BCUT2D eigenvalue weighted by Gasteiger charge is 2.02. The minimum Gasteiger partial charge on any atom is -0.397 e. The summed E-state index contributed by atoms with van der Waals surface area (Å²) in [6, 6.07) is 12.3. The number of benzene rings is 2. The summed E-state index contributed by atoms with van der Waals surface area (Å²) in [5, 5.41) is 12.0. The molecule has 0 unspecified atom stereocenters. The molecule has 2 rings (SSSR count). The first-order valence-corrected chi connectivity index (χ1v) is 6.38. The number of nitrogens with one attached hydrogen (secondary N) is 1. The van der Waals surface area contributed by atoms with Gasteiger partial charge in [-0.1, -0.05) is 12.1 Å². The first-order valence-electron chi connectivity index (χ1n) is 6.38. The molecule has 0 radical (unpaired) electrons. The van der Waals surface area contributed by atoms with Crippen LogP contribution in [0.2, 0.25) is 0 Å². The summed E-state index contributed by atoms with van der Waals surface area (Å²) in [5.41, 5.74) is 9.49. The van der Waals surface area contributed by atoms with E-state index in [1.807, 2.05) is 12.1 Å². The van der Waals surface area contributed by atoms with Crippen LogP contribution >= 0.6 is 0 Å². The second-order valence-corrected chi connectivity index (χ2v) is 4.67. The fraction of sp³-hybridized carbons (Fsp3) is 0.188. The Kier molecular flexibility index (Phi) is 4.21. The minimum atomic E-state index is -0.182. The number of halogens is 1. The van der Waals surface area contributed by atoms with Crippen molar-refractivity contribution in [2.75, 3.05) is 17.6 Å². The van der Waals surface area contributed by atoms with E-state index in [1.54, 1.807) is 31.2 Å². The van der Waals surface area contributed by atoms with Crippen molar-refractivity contribution in [1.29, 1.82) is 5.26 Å². The molecule has 3 N–H and O–H groups in total. The highest BCUT2D eigenvalue weighted by molar-refractivity contribution is 5.68. The molecule has 0 amide bonds. The summed E-state index contributed by atoms with van der Waals surface area (Å²) in [4.78, 5) is 0. The van der Waals surface area contributed by atoms with Crippen molar-refractivity contribution in [1.82, 2.24) is 0 Å². The maximum absolute atomic E-state index is 13.2. The lowest BCUT2D eigenvalue weighted by molar-refractivity contribution is 0.617. The van der Waals surface area contributed by atoms with Gasteiger partial charge in [0, 0.05) is 6.54 Å². The van der Waals surface area contributed by atoms with Crippen LogP contribution in [-0.4, -0.2) is 6.54 Å². The molecule has 0 atom stereocenters. The highest BCUT2D eigenvalue weighted by Crippen LogP contribution is 2.19. The number of anilines is 2. The lowest BCUT2D eigenvalue weighted by atomic mass is 10.1. The highest BCUT2D eigenvalue weighted by atomic mass is 19.1. The van der Waals surface area contributed by atoms with Gasteiger partial charge in [0.2, 0.25) is 0 Å². The van der Waals surface area contributed by atoms with Crippen LogP contribution in [0, 0.1) is 24.1 Å². The molecule has 0 aromatic heterocycles. The number of nitrogens with zero attached hydrogens (tertiary/aromatic N) is 1. The van der Waals surface area contributed by atoms with E-state index < -0.39 is 0 Å². The quantitative estimate of drug-likeness (QED) is 0.837. The molecule has 102 valence electrons. The van der Waals surface area contributed by atoms with Gasteiger partial charge in [0.05, 0.1) is 23.0 Å². The van der Waals surface area contributed by atoms with Gasteiger partial charge in [-0.3, -0.25) is 0 Å². The third-order valence-electron chi connectivity index (χ3n) is 3.13. The predicted octanol–water partition coefficient (Wildman–Crippen LogP) is 3.24. The van der Waals surface area contributed by atoms with Crippen LogP contribution < -0.4 is 11.1 Å². The SMILES string of the molecule is Cc1cc(CCNc2ccc(C#N)cc2N)ccc1F. The van der Waals surface area contributed by atoms with Gasteiger partial charge in [-0.15, -0.1) is 0 Å². The number of aryl methyl sites for hydroxylation is 1. The zero-order chi connectivity index (χ0) is 14.5. The first kappa shape index (κ1) is 13.9. The fourth-order valence-electron chi connectivity index (χ4n) is 2.00. The number of nitrogen functional groups attached to an aromatic ring is 1. The van der Waals surface area contributed by atoms with Crippen molar-refractivity contribution in [3.8, 4) is 6.07 Å². The Morgan fingerprint density at radius 2 is 2.05 bits per heavy atom. The summed E-state index contributed by atoms with van der Waals surface area (Å²) in [6.45, 7) is 2.45. The molecule has 3 nitrogen and oxygen atoms in total. The van der Waals surface area contributed by atoms with Crippen LogP contribution in [0.4, 0.5) is 15.8 Å². The second-order valence-electron chi connectivity index (χ2n) is 4.67. The van der Waals surface area contributed by atoms with E-state index in [-0.39, 0.29) is 5.82 Å². The summed E-state index contributed by atoms with van der Waals surface area (Å²) in [7, 11) is 0. The molecule has 0 spiro atoms. The van der Waals surface area contributed by atoms with Crippen molar-refractivity contribution in [3.05, 3.63) is 58.9 Å². The molecule has 0 aliphatic rings. The van der Waals surface area contributed by atoms with Crippen molar-refractivity contribution < 1.29 is 4.39 Å². The Balaban J connectivity index is 1.96. The molecule has 0 saturated heterocycles. The number of nitrogens with two attached hydrogens (primary N) is 1. The van der Waals surface area contributed by atoms with Gasteiger partial charge in [-0.25, -0.2) is 4.39 Å². The molecular formula is C16H16FN3. The van der Waals surface area contributed by atoms with Crippen LogP contribution in [0.1, 0.15) is 16.7 Å². The van der Waals surface area contributed by atoms with E-state index in [9.17, 15) is 4.39 Å². The average Bonchev–Trinajstić information content (AvgIpc) is 2.44. The standard InChI is InChI=1S/C16H16FN3/c1-11-8-12(2-4-14(11)17)6-7-20-16-5-3-13(10-18)9-15(16)19/h2-5,8-9,20H,6-7,19H2,1H3. The molecule has 0 bridgehead atoms. The Labute approximate surface area is 117 Å². The van der Waals surface area contributed by atoms with E-state index in [4.69, 9.17) is 11.0 Å². The third-order valence-corrected chi connectivity index (χ3v) is 3.13. The number of rotatable bonds is 4. The molecule has 4 heteroatoms. The molecule has 2 aromatic rings. The molecule has 2 aromatic carbocycles. The summed E-state index contributed by atoms with van der Waals surface area (Å²) < 4.78 is 13.2. The number of nitriles is 1. The summed E-state index contributed by atoms with van der Waals surface area (Å²) in [6.07, 6.45) is 0.778. The summed E-state index contributed by atoms with van der Waals surface area (Å²) >= 11 is 0. The van der Waals surface area contributed by atoms with Crippen LogP contribution in [-0.2, 0) is 6.42 Å². The van der Waals surface area contributed by atoms with Crippen molar-refractivity contribution in [3.63, 3.8) is 0 Å². The smallest absolute Gasteiger partial charge is 0.126 e. The van der Waals surface area contributed by atoms with Gasteiger partial charge in [0.1, 0.15) is 5.82 Å². The van der Waals surface area contributed by atoms with Crippen LogP contribution in [0.15, 0.2) is 36.4 Å². The van der Waals surface area contributed by atoms with E-state index in [2.05, 4.69) is 5.32 Å². The Bertz CT molecular complexity index is 659. The molecule has 0 aliphatic carbocycles. The van der Waals surface area contributed by atoms with Crippen LogP contribution in [0.3, 0.4) is 0 Å². The first-order chi connectivity index (χ1) is 9.60. The van der Waals surface area contributed by atoms with Crippen LogP contribution in [0.5, 0.6) is 0 Å². The summed E-state index contributed by atoms with van der Waals surface area (Å²) in [5.74, 6) is -0.182. The Hall–Kier alpha value is -2.54. The zero-order valence-electron chi connectivity index (χ0n) is 11.3. The minimum absolute atomic E-state index is 0.182. The monoisotopic (exact) mass is 269 g/mol. The number of hydrogen-bond acceptors (Lipinski definition) is 3. The van der Waals surface area contributed by atoms with E-state index in [1.165, 1.54) is 6.07 Å². The normalized spacial score (nSPS) is 10.1. The molecule has 20 heavy (non-hydrogen) atoms. The lowest BCUT2D eigenvalue weighted by Gasteiger charge is -2.10.